The quantitative estimate of drug-likeness (QED) is 0.860. The number of nitrogens with one attached hydrogen (secondary N) is 2. The first-order chi connectivity index (χ1) is 9.13. The molecular weight excluding hydrogens is 236 g/mol. The molecule has 0 saturated heterocycles. The van der Waals surface area contributed by atoms with Crippen LogP contribution in [0.25, 0.3) is 0 Å². The predicted molar refractivity (Wildman–Crippen MR) is 77.4 cm³/mol. The number of amides is 1. The molecule has 19 heavy (non-hydrogen) atoms. The monoisotopic (exact) mass is 252 g/mol. The van der Waals surface area contributed by atoms with Crippen LogP contribution in [0.3, 0.4) is 0 Å². The fourth-order valence-corrected chi connectivity index (χ4v) is 2.34. The molecule has 3 rings (SSSR count). The lowest BCUT2D eigenvalue weighted by atomic mass is 10.0. The van der Waals surface area contributed by atoms with E-state index in [2.05, 4.69) is 16.7 Å². The van der Waals surface area contributed by atoms with E-state index in [1.165, 1.54) is 5.56 Å². The first-order valence-electron chi connectivity index (χ1n) is 6.38. The number of benzene rings is 2. The van der Waals surface area contributed by atoms with Gasteiger partial charge in [0.2, 0.25) is 0 Å². The molecule has 2 N–H and O–H groups in total. The van der Waals surface area contributed by atoms with Crippen molar-refractivity contribution in [1.29, 1.82) is 0 Å². The Hall–Kier alpha value is -2.29. The third kappa shape index (κ3) is 2.19. The van der Waals surface area contributed by atoms with E-state index in [1.54, 1.807) is 0 Å². The normalized spacial score (nSPS) is 16.9. The molecular formula is C16H16N2O. The molecule has 1 unspecified atom stereocenters. The molecule has 0 aliphatic carbocycles. The average Bonchev–Trinajstić information content (AvgIpc) is 2.69. The van der Waals surface area contributed by atoms with Gasteiger partial charge in [0.25, 0.3) is 5.91 Å². The highest BCUT2D eigenvalue weighted by molar-refractivity contribution is 6.04. The molecule has 3 nitrogen and oxygen atoms in total. The van der Waals surface area contributed by atoms with Crippen LogP contribution in [0.4, 0.5) is 11.4 Å². The van der Waals surface area contributed by atoms with Gasteiger partial charge in [-0.25, -0.2) is 0 Å². The summed E-state index contributed by atoms with van der Waals surface area (Å²) >= 11 is 0. The van der Waals surface area contributed by atoms with Crippen molar-refractivity contribution in [1.82, 2.24) is 0 Å². The second-order valence-electron chi connectivity index (χ2n) is 5.02. The molecule has 1 aliphatic rings. The minimum absolute atomic E-state index is 0.00109. The molecule has 2 aromatic carbocycles. The largest absolute Gasteiger partial charge is 0.370 e. The Labute approximate surface area is 112 Å². The lowest BCUT2D eigenvalue weighted by Gasteiger charge is -2.13. The highest BCUT2D eigenvalue weighted by Gasteiger charge is 2.30. The van der Waals surface area contributed by atoms with Gasteiger partial charge in [0.1, 0.15) is 6.04 Å². The van der Waals surface area contributed by atoms with E-state index in [4.69, 9.17) is 0 Å². The Kier molecular flexibility index (Phi) is 2.75. The Bertz CT molecular complexity index is 632. The van der Waals surface area contributed by atoms with Crippen molar-refractivity contribution in [3.8, 4) is 0 Å². The van der Waals surface area contributed by atoms with Crippen LogP contribution in [-0.4, -0.2) is 5.91 Å². The van der Waals surface area contributed by atoms with Crippen LogP contribution in [-0.2, 0) is 4.79 Å². The van der Waals surface area contributed by atoms with Crippen LogP contribution < -0.4 is 10.6 Å². The summed E-state index contributed by atoms with van der Waals surface area (Å²) in [6.07, 6.45) is 0. The zero-order valence-corrected chi connectivity index (χ0v) is 11.0. The Morgan fingerprint density at radius 1 is 1.00 bits per heavy atom. The lowest BCUT2D eigenvalue weighted by Crippen LogP contribution is -2.19. The Morgan fingerprint density at radius 3 is 2.42 bits per heavy atom. The third-order valence-corrected chi connectivity index (χ3v) is 3.40. The summed E-state index contributed by atoms with van der Waals surface area (Å²) in [5.74, 6) is 0.00109. The number of aryl methyl sites for hydroxylation is 2. The van der Waals surface area contributed by atoms with Crippen molar-refractivity contribution in [3.05, 3.63) is 59.2 Å². The van der Waals surface area contributed by atoms with Gasteiger partial charge < -0.3 is 10.6 Å². The van der Waals surface area contributed by atoms with E-state index in [9.17, 15) is 4.79 Å². The van der Waals surface area contributed by atoms with Crippen LogP contribution >= 0.6 is 0 Å². The average molecular weight is 252 g/mol. The topological polar surface area (TPSA) is 41.1 Å². The van der Waals surface area contributed by atoms with Gasteiger partial charge in [-0.2, -0.15) is 0 Å². The van der Waals surface area contributed by atoms with E-state index in [-0.39, 0.29) is 11.9 Å². The maximum atomic E-state index is 12.0. The minimum atomic E-state index is -0.308. The summed E-state index contributed by atoms with van der Waals surface area (Å²) in [7, 11) is 0. The molecule has 0 fully saturated rings. The van der Waals surface area contributed by atoms with E-state index in [0.717, 1.165) is 22.5 Å². The van der Waals surface area contributed by atoms with Crippen molar-refractivity contribution in [2.75, 3.05) is 10.6 Å². The summed E-state index contributed by atoms with van der Waals surface area (Å²) in [5.41, 5.74) is 5.24. The van der Waals surface area contributed by atoms with Gasteiger partial charge in [0.05, 0.1) is 0 Å². The van der Waals surface area contributed by atoms with Gasteiger partial charge in [0.15, 0.2) is 0 Å². The summed E-state index contributed by atoms with van der Waals surface area (Å²) in [4.78, 5) is 12.0. The first-order valence-corrected chi connectivity index (χ1v) is 6.38. The van der Waals surface area contributed by atoms with E-state index >= 15 is 0 Å². The van der Waals surface area contributed by atoms with Crippen LogP contribution in [0, 0.1) is 13.8 Å². The van der Waals surface area contributed by atoms with Crippen LogP contribution in [0.2, 0.25) is 0 Å². The molecule has 1 heterocycles. The van der Waals surface area contributed by atoms with Crippen molar-refractivity contribution >= 4 is 17.3 Å². The number of anilines is 2. The highest BCUT2D eigenvalue weighted by atomic mass is 16.2. The standard InChI is InChI=1S/C16H16N2O/c1-10-3-6-12(7-4-10)17-15-13-9-11(2)5-8-14(13)18-16(15)19/h3-9,15,17H,1-2H3,(H,18,19). The molecule has 0 bridgehead atoms. The SMILES string of the molecule is Cc1ccc(NC2C(=O)Nc3ccc(C)cc32)cc1. The van der Waals surface area contributed by atoms with Gasteiger partial charge >= 0.3 is 0 Å². The van der Waals surface area contributed by atoms with Gasteiger partial charge in [0, 0.05) is 16.9 Å². The minimum Gasteiger partial charge on any atom is -0.370 e. The number of rotatable bonds is 2. The van der Waals surface area contributed by atoms with E-state index < -0.39 is 0 Å². The molecule has 0 saturated carbocycles. The van der Waals surface area contributed by atoms with Crippen molar-refractivity contribution in [2.24, 2.45) is 0 Å². The number of carbonyl (C=O) groups excluding carboxylic acids is 1. The van der Waals surface area contributed by atoms with Gasteiger partial charge in [-0.3, -0.25) is 4.79 Å². The van der Waals surface area contributed by atoms with Crippen LogP contribution in [0.1, 0.15) is 22.7 Å². The van der Waals surface area contributed by atoms with Crippen molar-refractivity contribution in [2.45, 2.75) is 19.9 Å². The second-order valence-corrected chi connectivity index (χ2v) is 5.02. The lowest BCUT2D eigenvalue weighted by molar-refractivity contribution is -0.116. The maximum absolute atomic E-state index is 12.0. The number of carbonyl (C=O) groups is 1. The number of hydrogen-bond donors (Lipinski definition) is 2. The number of hydrogen-bond acceptors (Lipinski definition) is 2. The number of fused-ring (bicyclic) bond motifs is 1. The van der Waals surface area contributed by atoms with Gasteiger partial charge in [-0.15, -0.1) is 0 Å². The molecule has 0 radical (unpaired) electrons. The molecule has 3 heteroatoms. The fraction of sp³-hybridized carbons (Fsp3) is 0.188. The van der Waals surface area contributed by atoms with E-state index in [1.807, 2.05) is 50.2 Å². The zero-order chi connectivity index (χ0) is 13.4. The summed E-state index contributed by atoms with van der Waals surface area (Å²) in [5, 5.41) is 6.19. The Morgan fingerprint density at radius 2 is 1.68 bits per heavy atom. The second kappa shape index (κ2) is 4.43. The molecule has 1 aliphatic heterocycles. The third-order valence-electron chi connectivity index (χ3n) is 3.40. The van der Waals surface area contributed by atoms with Crippen LogP contribution in [0.15, 0.2) is 42.5 Å². The van der Waals surface area contributed by atoms with E-state index in [0.29, 0.717) is 0 Å². The maximum Gasteiger partial charge on any atom is 0.251 e. The molecule has 2 aromatic rings. The van der Waals surface area contributed by atoms with Gasteiger partial charge in [-0.1, -0.05) is 35.4 Å². The zero-order valence-electron chi connectivity index (χ0n) is 11.0. The smallest absolute Gasteiger partial charge is 0.251 e. The molecule has 1 atom stereocenters. The van der Waals surface area contributed by atoms with Crippen molar-refractivity contribution in [3.63, 3.8) is 0 Å². The summed E-state index contributed by atoms with van der Waals surface area (Å²) < 4.78 is 0. The molecule has 1 amide bonds. The predicted octanol–water partition coefficient (Wildman–Crippen LogP) is 3.41. The highest BCUT2D eigenvalue weighted by Crippen LogP contribution is 2.33. The molecule has 96 valence electrons. The molecule has 0 aromatic heterocycles. The summed E-state index contributed by atoms with van der Waals surface area (Å²) in [6.45, 7) is 4.08. The van der Waals surface area contributed by atoms with Gasteiger partial charge in [-0.05, 0) is 32.0 Å². The first kappa shape index (κ1) is 11.8. The fourth-order valence-electron chi connectivity index (χ4n) is 2.34. The Balaban J connectivity index is 1.91. The summed E-state index contributed by atoms with van der Waals surface area (Å²) in [6, 6.07) is 13.8. The van der Waals surface area contributed by atoms with Crippen molar-refractivity contribution < 1.29 is 4.79 Å². The molecule has 0 spiro atoms. The van der Waals surface area contributed by atoms with Crippen LogP contribution in [0.5, 0.6) is 0 Å².